The lowest BCUT2D eigenvalue weighted by Crippen LogP contribution is -2.53. The Hall–Kier alpha value is -4.66. The highest BCUT2D eigenvalue weighted by Gasteiger charge is 2.52. The van der Waals surface area contributed by atoms with Crippen LogP contribution >= 0.6 is 0 Å². The third-order valence-corrected chi connectivity index (χ3v) is 7.61. The summed E-state index contributed by atoms with van der Waals surface area (Å²) < 4.78 is 0. The number of rotatable bonds is 7. The molecule has 2 fully saturated rings. The van der Waals surface area contributed by atoms with Crippen LogP contribution in [0.15, 0.2) is 78.9 Å². The maximum atomic E-state index is 14.0. The minimum atomic E-state index is -0.948. The summed E-state index contributed by atoms with van der Waals surface area (Å²) in [6, 6.07) is 20.2. The van der Waals surface area contributed by atoms with Crippen LogP contribution in [-0.2, 0) is 16.0 Å². The van der Waals surface area contributed by atoms with Crippen molar-refractivity contribution in [2.45, 2.75) is 31.0 Å². The van der Waals surface area contributed by atoms with Crippen molar-refractivity contribution in [2.24, 2.45) is 0 Å². The summed E-state index contributed by atoms with van der Waals surface area (Å²) in [6.45, 7) is 0.248. The minimum absolute atomic E-state index is 0.0555. The molecule has 40 heavy (non-hydrogen) atoms. The largest absolute Gasteiger partial charge is 0.508 e. The van der Waals surface area contributed by atoms with Gasteiger partial charge in [0.1, 0.15) is 17.8 Å². The van der Waals surface area contributed by atoms with Crippen molar-refractivity contribution in [3.05, 3.63) is 95.6 Å². The molecule has 5 rings (SSSR count). The molecule has 9 heteroatoms. The van der Waals surface area contributed by atoms with Crippen molar-refractivity contribution >= 4 is 29.2 Å². The number of carbonyl (C=O) groups is 4. The Morgan fingerprint density at radius 2 is 1.60 bits per heavy atom. The average Bonchev–Trinajstić information content (AvgIpc) is 3.54. The molecule has 0 radical (unpaired) electrons. The summed E-state index contributed by atoms with van der Waals surface area (Å²) in [4.78, 5) is 58.5. The van der Waals surface area contributed by atoms with E-state index in [2.05, 4.69) is 5.32 Å². The van der Waals surface area contributed by atoms with Crippen molar-refractivity contribution in [1.29, 1.82) is 0 Å². The van der Waals surface area contributed by atoms with Gasteiger partial charge in [0, 0.05) is 43.9 Å². The van der Waals surface area contributed by atoms with E-state index in [1.165, 1.54) is 17.0 Å². The number of carbonyl (C=O) groups excluding carboxylic acids is 4. The second-order valence-corrected chi connectivity index (χ2v) is 10.4. The summed E-state index contributed by atoms with van der Waals surface area (Å²) in [5.74, 6) is -1.10. The molecule has 3 amide bonds. The lowest BCUT2D eigenvalue weighted by Gasteiger charge is -2.28. The summed E-state index contributed by atoms with van der Waals surface area (Å²) in [6.07, 6.45) is 0.655. The molecule has 0 aliphatic carbocycles. The molecule has 2 unspecified atom stereocenters. The van der Waals surface area contributed by atoms with Gasteiger partial charge in [-0.25, -0.2) is 0 Å². The van der Waals surface area contributed by atoms with E-state index in [-0.39, 0.29) is 36.3 Å². The van der Waals surface area contributed by atoms with Gasteiger partial charge in [-0.15, -0.1) is 0 Å². The number of phenols is 1. The zero-order valence-corrected chi connectivity index (χ0v) is 22.5. The predicted octanol–water partition coefficient (Wildman–Crippen LogP) is 2.49. The molecule has 9 nitrogen and oxygen atoms in total. The molecular formula is C31H32N4O5. The van der Waals surface area contributed by atoms with Crippen LogP contribution in [0, 0.1) is 0 Å². The van der Waals surface area contributed by atoms with Crippen molar-refractivity contribution in [2.75, 3.05) is 32.1 Å². The number of likely N-dealkylation sites (tertiary alicyclic amines) is 2. The second kappa shape index (κ2) is 11.2. The Balaban J connectivity index is 1.37. The molecule has 3 atom stereocenters. The van der Waals surface area contributed by atoms with E-state index < -0.39 is 24.0 Å². The molecule has 3 aromatic rings. The number of hydrogen-bond donors (Lipinski definition) is 2. The number of aromatic hydroxyl groups is 1. The van der Waals surface area contributed by atoms with Gasteiger partial charge >= 0.3 is 0 Å². The van der Waals surface area contributed by atoms with Gasteiger partial charge in [-0.3, -0.25) is 19.2 Å². The van der Waals surface area contributed by atoms with E-state index in [0.717, 1.165) is 11.3 Å². The van der Waals surface area contributed by atoms with Gasteiger partial charge in [0.25, 0.3) is 11.8 Å². The highest BCUT2D eigenvalue weighted by Crippen LogP contribution is 2.31. The summed E-state index contributed by atoms with van der Waals surface area (Å²) in [5.41, 5.74) is 2.59. The fraction of sp³-hybridized carbons (Fsp3) is 0.290. The molecule has 2 heterocycles. The van der Waals surface area contributed by atoms with E-state index >= 15 is 0 Å². The topological polar surface area (TPSA) is 110 Å². The molecule has 3 aromatic carbocycles. The van der Waals surface area contributed by atoms with Gasteiger partial charge in [0.2, 0.25) is 5.91 Å². The third-order valence-electron chi connectivity index (χ3n) is 7.61. The van der Waals surface area contributed by atoms with E-state index in [4.69, 9.17) is 0 Å². The van der Waals surface area contributed by atoms with Crippen LogP contribution in [0.5, 0.6) is 5.75 Å². The number of hydrogen-bond acceptors (Lipinski definition) is 6. The van der Waals surface area contributed by atoms with Crippen molar-refractivity contribution in [3.63, 3.8) is 0 Å². The number of Topliss-reactive ketones (excluding diaryl/α,β-unsaturated/α-hetero) is 1. The fourth-order valence-corrected chi connectivity index (χ4v) is 5.51. The third kappa shape index (κ3) is 5.40. The van der Waals surface area contributed by atoms with Crippen LogP contribution < -0.4 is 10.2 Å². The number of phenolic OH excluding ortho intramolecular Hbond substituents is 1. The van der Waals surface area contributed by atoms with Crippen LogP contribution in [0.3, 0.4) is 0 Å². The maximum absolute atomic E-state index is 14.0. The Morgan fingerprint density at radius 3 is 2.25 bits per heavy atom. The number of benzene rings is 3. The Labute approximate surface area is 233 Å². The van der Waals surface area contributed by atoms with Crippen LogP contribution in [-0.4, -0.2) is 83.7 Å². The minimum Gasteiger partial charge on any atom is -0.508 e. The number of amides is 3. The zero-order chi connectivity index (χ0) is 28.4. The van der Waals surface area contributed by atoms with Crippen LogP contribution in [0.2, 0.25) is 0 Å². The monoisotopic (exact) mass is 540 g/mol. The van der Waals surface area contributed by atoms with E-state index in [1.807, 2.05) is 37.2 Å². The lowest BCUT2D eigenvalue weighted by molar-refractivity contribution is -0.138. The second-order valence-electron chi connectivity index (χ2n) is 10.4. The molecule has 0 bridgehead atoms. The van der Waals surface area contributed by atoms with Crippen LogP contribution in [0.1, 0.15) is 32.7 Å². The number of fused-ring (bicyclic) bond motifs is 1. The summed E-state index contributed by atoms with van der Waals surface area (Å²) in [5, 5.41) is 12.6. The van der Waals surface area contributed by atoms with E-state index in [9.17, 15) is 24.3 Å². The van der Waals surface area contributed by atoms with E-state index in [0.29, 0.717) is 24.1 Å². The molecule has 0 spiro atoms. The molecule has 2 N–H and O–H groups in total. The number of nitrogens with zero attached hydrogens (tertiary/aromatic N) is 3. The van der Waals surface area contributed by atoms with Gasteiger partial charge in [-0.05, 0) is 60.5 Å². The quantitative estimate of drug-likeness (QED) is 0.477. The molecule has 0 aromatic heterocycles. The lowest BCUT2D eigenvalue weighted by atomic mass is 10.0. The summed E-state index contributed by atoms with van der Waals surface area (Å²) >= 11 is 0. The molecular weight excluding hydrogens is 508 g/mol. The Morgan fingerprint density at radius 1 is 0.925 bits per heavy atom. The molecule has 2 aliphatic heterocycles. The average molecular weight is 541 g/mol. The number of nitrogens with one attached hydrogen (secondary N) is 1. The summed E-state index contributed by atoms with van der Waals surface area (Å²) in [7, 11) is 3.81. The first-order valence-corrected chi connectivity index (χ1v) is 13.3. The highest BCUT2D eigenvalue weighted by molar-refractivity contribution is 6.03. The normalized spacial score (nSPS) is 18.8. The smallest absolute Gasteiger partial charge is 0.254 e. The van der Waals surface area contributed by atoms with E-state index in [1.54, 1.807) is 53.4 Å². The molecule has 206 valence electrons. The zero-order valence-electron chi connectivity index (χ0n) is 22.5. The van der Waals surface area contributed by atoms with Crippen molar-refractivity contribution in [3.8, 4) is 5.75 Å². The SMILES string of the molecule is CN(C)c1ccc(C(=O)N[C@@H](Cc2ccc(O)cc2)C(=O)N2CCC3C2C(=O)CN3C(=O)c2ccccc2)cc1. The maximum Gasteiger partial charge on any atom is 0.254 e. The van der Waals surface area contributed by atoms with Crippen molar-refractivity contribution in [1.82, 2.24) is 15.1 Å². The first-order chi connectivity index (χ1) is 19.2. The molecule has 2 aliphatic rings. The number of anilines is 1. The van der Waals surface area contributed by atoms with Gasteiger partial charge in [0.05, 0.1) is 12.6 Å². The highest BCUT2D eigenvalue weighted by atomic mass is 16.3. The Kier molecular flexibility index (Phi) is 7.55. The predicted molar refractivity (Wildman–Crippen MR) is 150 cm³/mol. The van der Waals surface area contributed by atoms with Gasteiger partial charge in [-0.1, -0.05) is 30.3 Å². The first kappa shape index (κ1) is 26.9. The first-order valence-electron chi connectivity index (χ1n) is 13.3. The van der Waals surface area contributed by atoms with Crippen molar-refractivity contribution < 1.29 is 24.3 Å². The van der Waals surface area contributed by atoms with Gasteiger partial charge in [-0.2, -0.15) is 0 Å². The molecule has 0 saturated carbocycles. The standard InChI is InChI=1S/C31H32N4O5/c1-33(2)23-12-10-21(11-13-23)29(38)32-25(18-20-8-14-24(36)15-9-20)31(40)34-17-16-26-28(34)27(37)19-35(26)30(39)22-6-4-3-5-7-22/h3-15,25-26,28,36H,16-19H2,1-2H3,(H,32,38)/t25-,26?,28?/m0/s1. The number of ketones is 1. The van der Waals surface area contributed by atoms with Crippen LogP contribution in [0.25, 0.3) is 0 Å². The molecule has 2 saturated heterocycles. The fourth-order valence-electron chi connectivity index (χ4n) is 5.51. The van der Waals surface area contributed by atoms with Crippen LogP contribution in [0.4, 0.5) is 5.69 Å². The Bertz CT molecular complexity index is 1410. The van der Waals surface area contributed by atoms with Gasteiger partial charge < -0.3 is 25.1 Å². The van der Waals surface area contributed by atoms with Gasteiger partial charge in [0.15, 0.2) is 5.78 Å².